The second kappa shape index (κ2) is 2.46. The van der Waals surface area contributed by atoms with Gasteiger partial charge in [0.25, 0.3) is 0 Å². The number of fused-ring (bicyclic) bond motifs is 1. The van der Waals surface area contributed by atoms with E-state index in [2.05, 4.69) is 25.9 Å². The first-order chi connectivity index (χ1) is 5.27. The zero-order valence-electron chi connectivity index (χ0n) is 5.33. The Labute approximate surface area is 76.2 Å². The van der Waals surface area contributed by atoms with Crippen molar-refractivity contribution in [3.05, 3.63) is 28.2 Å². The van der Waals surface area contributed by atoms with Gasteiger partial charge in [0.15, 0.2) is 0 Å². The van der Waals surface area contributed by atoms with Crippen LogP contribution in [-0.4, -0.2) is 14.4 Å². The van der Waals surface area contributed by atoms with E-state index in [1.165, 1.54) is 0 Å². The minimum atomic E-state index is 0.434. The van der Waals surface area contributed by atoms with Gasteiger partial charge in [-0.05, 0) is 15.9 Å². The van der Waals surface area contributed by atoms with Crippen LogP contribution in [0.4, 0.5) is 0 Å². The van der Waals surface area contributed by atoms with E-state index in [-0.39, 0.29) is 0 Å². The lowest BCUT2D eigenvalue weighted by Crippen LogP contribution is -1.88. The van der Waals surface area contributed by atoms with Gasteiger partial charge in [0.2, 0.25) is 5.78 Å². The van der Waals surface area contributed by atoms with Gasteiger partial charge in [-0.15, -0.1) is 0 Å². The Kier molecular flexibility index (Phi) is 1.58. The van der Waals surface area contributed by atoms with Crippen molar-refractivity contribution in [1.29, 1.82) is 0 Å². The lowest BCUT2D eigenvalue weighted by Gasteiger charge is -1.95. The summed E-state index contributed by atoms with van der Waals surface area (Å²) in [6.45, 7) is 0. The molecular formula is C6H3BrClN3. The average Bonchev–Trinajstić information content (AvgIpc) is 2.36. The van der Waals surface area contributed by atoms with Crippen LogP contribution in [0.3, 0.4) is 0 Å². The molecule has 0 amide bonds. The first-order valence-corrected chi connectivity index (χ1v) is 4.09. The highest BCUT2D eigenvalue weighted by Gasteiger charge is 2.00. The Morgan fingerprint density at radius 3 is 3.18 bits per heavy atom. The van der Waals surface area contributed by atoms with Crippen molar-refractivity contribution in [1.82, 2.24) is 14.4 Å². The summed E-state index contributed by atoms with van der Waals surface area (Å²) in [4.78, 5) is 7.97. The normalized spacial score (nSPS) is 10.7. The van der Waals surface area contributed by atoms with Crippen LogP contribution in [0.5, 0.6) is 0 Å². The minimum absolute atomic E-state index is 0.434. The van der Waals surface area contributed by atoms with Crippen LogP contribution in [0.1, 0.15) is 0 Å². The zero-order valence-corrected chi connectivity index (χ0v) is 7.67. The second-order valence-corrected chi connectivity index (χ2v) is 3.23. The van der Waals surface area contributed by atoms with Crippen molar-refractivity contribution in [2.75, 3.05) is 0 Å². The standard InChI is InChI=1S/C6H3BrClN3/c7-4-3-11-2-1-9-6(11)10-5(4)8/h1-3H. The van der Waals surface area contributed by atoms with Crippen molar-refractivity contribution in [3.8, 4) is 0 Å². The second-order valence-electron chi connectivity index (χ2n) is 2.01. The molecule has 11 heavy (non-hydrogen) atoms. The van der Waals surface area contributed by atoms with Crippen molar-refractivity contribution >= 4 is 33.3 Å². The van der Waals surface area contributed by atoms with Crippen molar-refractivity contribution < 1.29 is 0 Å². The molecule has 0 saturated carbocycles. The maximum Gasteiger partial charge on any atom is 0.235 e. The number of hydrogen-bond acceptors (Lipinski definition) is 2. The number of rotatable bonds is 0. The minimum Gasteiger partial charge on any atom is -0.290 e. The van der Waals surface area contributed by atoms with Crippen LogP contribution >= 0.6 is 27.5 Å². The molecule has 0 atom stereocenters. The van der Waals surface area contributed by atoms with Gasteiger partial charge in [-0.1, -0.05) is 11.6 Å². The predicted molar refractivity (Wildman–Crippen MR) is 45.7 cm³/mol. The van der Waals surface area contributed by atoms with Crippen LogP contribution < -0.4 is 0 Å². The fourth-order valence-electron chi connectivity index (χ4n) is 0.809. The first-order valence-electron chi connectivity index (χ1n) is 2.92. The van der Waals surface area contributed by atoms with Gasteiger partial charge in [-0.25, -0.2) is 4.98 Å². The molecular weight excluding hydrogens is 229 g/mol. The molecule has 2 aromatic rings. The molecule has 0 unspecified atom stereocenters. The molecule has 0 radical (unpaired) electrons. The molecule has 0 fully saturated rings. The molecule has 2 rings (SSSR count). The molecule has 0 saturated heterocycles. The maximum atomic E-state index is 5.73. The summed E-state index contributed by atoms with van der Waals surface area (Å²) in [5, 5.41) is 0.434. The Balaban J connectivity index is 2.86. The van der Waals surface area contributed by atoms with Gasteiger partial charge in [0.1, 0.15) is 5.15 Å². The van der Waals surface area contributed by atoms with E-state index in [0.29, 0.717) is 10.9 Å². The monoisotopic (exact) mass is 231 g/mol. The van der Waals surface area contributed by atoms with E-state index >= 15 is 0 Å². The molecule has 0 spiro atoms. The Hall–Kier alpha value is -0.610. The third-order valence-electron chi connectivity index (χ3n) is 1.30. The van der Waals surface area contributed by atoms with E-state index in [1.54, 1.807) is 10.6 Å². The number of nitrogens with zero attached hydrogens (tertiary/aromatic N) is 3. The molecule has 0 bridgehead atoms. The van der Waals surface area contributed by atoms with Crippen LogP contribution in [0.25, 0.3) is 5.78 Å². The summed E-state index contributed by atoms with van der Waals surface area (Å²) in [5.41, 5.74) is 0. The van der Waals surface area contributed by atoms with E-state index in [9.17, 15) is 0 Å². The lowest BCUT2D eigenvalue weighted by molar-refractivity contribution is 1.10. The highest BCUT2D eigenvalue weighted by Crippen LogP contribution is 2.19. The molecule has 0 aliphatic heterocycles. The summed E-state index contributed by atoms with van der Waals surface area (Å²) in [6, 6.07) is 0. The predicted octanol–water partition coefficient (Wildman–Crippen LogP) is 2.15. The van der Waals surface area contributed by atoms with Crippen molar-refractivity contribution in [3.63, 3.8) is 0 Å². The quantitative estimate of drug-likeness (QED) is 0.652. The van der Waals surface area contributed by atoms with E-state index in [1.807, 2.05) is 12.4 Å². The SMILES string of the molecule is Clc1nc2nccn2cc1Br. The third-order valence-corrected chi connectivity index (χ3v) is 2.39. The lowest BCUT2D eigenvalue weighted by atomic mass is 10.7. The fraction of sp³-hybridized carbons (Fsp3) is 0. The smallest absolute Gasteiger partial charge is 0.235 e. The number of hydrogen-bond donors (Lipinski definition) is 0. The van der Waals surface area contributed by atoms with Crippen LogP contribution in [0.2, 0.25) is 5.15 Å². The highest BCUT2D eigenvalue weighted by molar-refractivity contribution is 9.10. The molecule has 2 aromatic heterocycles. The largest absolute Gasteiger partial charge is 0.290 e. The van der Waals surface area contributed by atoms with Gasteiger partial charge >= 0.3 is 0 Å². The topological polar surface area (TPSA) is 30.2 Å². The van der Waals surface area contributed by atoms with E-state index in [4.69, 9.17) is 11.6 Å². The summed E-state index contributed by atoms with van der Waals surface area (Å²) in [5.74, 6) is 0.609. The van der Waals surface area contributed by atoms with E-state index < -0.39 is 0 Å². The number of imidazole rings is 1. The summed E-state index contributed by atoms with van der Waals surface area (Å²) < 4.78 is 2.56. The molecule has 0 aliphatic carbocycles. The molecule has 5 heteroatoms. The van der Waals surface area contributed by atoms with Crippen molar-refractivity contribution in [2.45, 2.75) is 0 Å². The van der Waals surface area contributed by atoms with Gasteiger partial charge in [0, 0.05) is 18.6 Å². The number of halogens is 2. The van der Waals surface area contributed by atoms with Gasteiger partial charge in [0.05, 0.1) is 4.47 Å². The highest BCUT2D eigenvalue weighted by atomic mass is 79.9. The zero-order chi connectivity index (χ0) is 7.84. The van der Waals surface area contributed by atoms with Crippen molar-refractivity contribution in [2.24, 2.45) is 0 Å². The summed E-state index contributed by atoms with van der Waals surface area (Å²) >= 11 is 8.99. The van der Waals surface area contributed by atoms with Crippen LogP contribution in [0, 0.1) is 0 Å². The molecule has 56 valence electrons. The van der Waals surface area contributed by atoms with Crippen LogP contribution in [0.15, 0.2) is 23.1 Å². The third kappa shape index (κ3) is 1.12. The first kappa shape index (κ1) is 7.06. The fourth-order valence-corrected chi connectivity index (χ4v) is 1.24. The Morgan fingerprint density at radius 2 is 2.36 bits per heavy atom. The maximum absolute atomic E-state index is 5.73. The summed E-state index contributed by atoms with van der Waals surface area (Å²) in [6.07, 6.45) is 5.30. The molecule has 0 N–H and O–H groups in total. The summed E-state index contributed by atoms with van der Waals surface area (Å²) in [7, 11) is 0. The number of aromatic nitrogens is 3. The Morgan fingerprint density at radius 1 is 1.55 bits per heavy atom. The average molecular weight is 232 g/mol. The van der Waals surface area contributed by atoms with Gasteiger partial charge in [-0.3, -0.25) is 4.40 Å². The molecule has 2 heterocycles. The van der Waals surface area contributed by atoms with Gasteiger partial charge in [-0.2, -0.15) is 4.98 Å². The van der Waals surface area contributed by atoms with Gasteiger partial charge < -0.3 is 0 Å². The van der Waals surface area contributed by atoms with E-state index in [0.717, 1.165) is 4.47 Å². The molecule has 0 aliphatic rings. The Bertz CT molecular complexity index is 362. The molecule has 3 nitrogen and oxygen atoms in total. The molecule has 0 aromatic carbocycles. The van der Waals surface area contributed by atoms with Crippen LogP contribution in [-0.2, 0) is 0 Å².